The van der Waals surface area contributed by atoms with Crippen molar-refractivity contribution in [3.63, 3.8) is 0 Å². The number of aromatic nitrogens is 3. The van der Waals surface area contributed by atoms with Gasteiger partial charge in [-0.1, -0.05) is 30.5 Å². The van der Waals surface area contributed by atoms with Gasteiger partial charge in [0, 0.05) is 37.0 Å². The highest BCUT2D eigenvalue weighted by Crippen LogP contribution is 2.29. The van der Waals surface area contributed by atoms with Crippen molar-refractivity contribution in [1.82, 2.24) is 14.6 Å². The van der Waals surface area contributed by atoms with Crippen molar-refractivity contribution in [2.45, 2.75) is 32.1 Å². The number of hydrogen-bond donors (Lipinski definition) is 0. The lowest BCUT2D eigenvalue weighted by Crippen LogP contribution is -2.25. The molecule has 1 fully saturated rings. The molecule has 1 saturated heterocycles. The fourth-order valence-corrected chi connectivity index (χ4v) is 3.90. The van der Waals surface area contributed by atoms with Gasteiger partial charge in [-0.2, -0.15) is 0 Å². The zero-order valence-electron chi connectivity index (χ0n) is 15.9. The first-order valence-corrected chi connectivity index (χ1v) is 9.99. The van der Waals surface area contributed by atoms with Crippen molar-refractivity contribution in [3.05, 3.63) is 58.5 Å². The van der Waals surface area contributed by atoms with Gasteiger partial charge in [0.25, 0.3) is 0 Å². The van der Waals surface area contributed by atoms with Crippen LogP contribution in [0.1, 0.15) is 47.4 Å². The Bertz CT molecular complexity index is 993. The van der Waals surface area contributed by atoms with Gasteiger partial charge >= 0.3 is 5.97 Å². The molecule has 0 atom stereocenters. The molecule has 0 radical (unpaired) electrons. The van der Waals surface area contributed by atoms with Gasteiger partial charge in [-0.05, 0) is 37.1 Å². The number of hydrogen-bond acceptors (Lipinski definition) is 5. The zero-order chi connectivity index (χ0) is 19.5. The predicted molar refractivity (Wildman–Crippen MR) is 109 cm³/mol. The molecule has 0 unspecified atom stereocenters. The summed E-state index contributed by atoms with van der Waals surface area (Å²) in [4.78, 5) is 18.7. The first-order chi connectivity index (χ1) is 13.7. The number of nitrogens with zero attached hydrogens (tertiary/aromatic N) is 4. The Morgan fingerprint density at radius 1 is 1.14 bits per heavy atom. The lowest BCUT2D eigenvalue weighted by molar-refractivity contribution is 0.0593. The highest BCUT2D eigenvalue weighted by atomic mass is 35.5. The van der Waals surface area contributed by atoms with Crippen LogP contribution in [0.2, 0.25) is 5.02 Å². The standard InChI is InChI=1S/C21H23ClN4O2/c1-28-21(27)18-8-6-7-16(23-18)13-17-19-10-9-15(22)14-26(19)24-20(17)25-11-4-2-3-5-12-25/h6-10,14H,2-5,11-13H2,1H3. The summed E-state index contributed by atoms with van der Waals surface area (Å²) >= 11 is 6.19. The summed E-state index contributed by atoms with van der Waals surface area (Å²) in [6.07, 6.45) is 7.28. The van der Waals surface area contributed by atoms with E-state index in [1.54, 1.807) is 6.07 Å². The molecule has 0 amide bonds. The zero-order valence-corrected chi connectivity index (χ0v) is 16.7. The maximum atomic E-state index is 11.8. The third kappa shape index (κ3) is 3.83. The number of ether oxygens (including phenoxy) is 1. The molecule has 0 bridgehead atoms. The second-order valence-corrected chi connectivity index (χ2v) is 7.50. The van der Waals surface area contributed by atoms with Crippen LogP contribution in [0, 0.1) is 0 Å². The third-order valence-corrected chi connectivity index (χ3v) is 5.36. The molecule has 4 heterocycles. The number of rotatable bonds is 4. The largest absolute Gasteiger partial charge is 0.464 e. The molecule has 7 heteroatoms. The third-order valence-electron chi connectivity index (χ3n) is 5.14. The summed E-state index contributed by atoms with van der Waals surface area (Å²) in [5, 5.41) is 5.50. The molecule has 0 N–H and O–H groups in total. The van der Waals surface area contributed by atoms with E-state index < -0.39 is 5.97 Å². The number of halogens is 1. The van der Waals surface area contributed by atoms with Crippen molar-refractivity contribution in [2.24, 2.45) is 0 Å². The molecule has 1 aliphatic rings. The Balaban J connectivity index is 1.76. The van der Waals surface area contributed by atoms with Crippen molar-refractivity contribution < 1.29 is 9.53 Å². The highest BCUT2D eigenvalue weighted by Gasteiger charge is 2.21. The fourth-order valence-electron chi connectivity index (χ4n) is 3.75. The van der Waals surface area contributed by atoms with E-state index in [2.05, 4.69) is 9.88 Å². The van der Waals surface area contributed by atoms with Crippen molar-refractivity contribution in [3.8, 4) is 0 Å². The summed E-state index contributed by atoms with van der Waals surface area (Å²) in [5.41, 5.74) is 3.24. The molecule has 0 spiro atoms. The molecule has 3 aromatic heterocycles. The van der Waals surface area contributed by atoms with Gasteiger partial charge in [0.15, 0.2) is 5.82 Å². The number of carbonyl (C=O) groups excluding carboxylic acids is 1. The second-order valence-electron chi connectivity index (χ2n) is 7.06. The Hall–Kier alpha value is -2.60. The second kappa shape index (κ2) is 8.19. The Kier molecular flexibility index (Phi) is 5.48. The van der Waals surface area contributed by atoms with Crippen LogP contribution in [0.15, 0.2) is 36.5 Å². The Morgan fingerprint density at radius 2 is 1.93 bits per heavy atom. The van der Waals surface area contributed by atoms with Crippen LogP contribution >= 0.6 is 11.6 Å². The average Bonchev–Trinajstić information content (AvgIpc) is 2.88. The molecule has 28 heavy (non-hydrogen) atoms. The fraction of sp³-hybridized carbons (Fsp3) is 0.381. The van der Waals surface area contributed by atoms with Gasteiger partial charge in [-0.3, -0.25) is 0 Å². The summed E-state index contributed by atoms with van der Waals surface area (Å²) in [6.45, 7) is 2.00. The Morgan fingerprint density at radius 3 is 2.68 bits per heavy atom. The lowest BCUT2D eigenvalue weighted by atomic mass is 10.1. The summed E-state index contributed by atoms with van der Waals surface area (Å²) in [5.74, 6) is 0.552. The number of carbonyl (C=O) groups is 1. The van der Waals surface area contributed by atoms with E-state index >= 15 is 0 Å². The molecule has 1 aliphatic heterocycles. The van der Waals surface area contributed by atoms with Gasteiger partial charge in [-0.15, -0.1) is 5.10 Å². The van der Waals surface area contributed by atoms with Crippen molar-refractivity contribution in [1.29, 1.82) is 0 Å². The molecule has 0 aliphatic carbocycles. The number of esters is 1. The van der Waals surface area contributed by atoms with E-state index in [4.69, 9.17) is 21.4 Å². The predicted octanol–water partition coefficient (Wildman–Crippen LogP) is 4.14. The minimum atomic E-state index is -0.429. The Labute approximate surface area is 169 Å². The summed E-state index contributed by atoms with van der Waals surface area (Å²) < 4.78 is 6.65. The molecular formula is C21H23ClN4O2. The van der Waals surface area contributed by atoms with Crippen LogP contribution in [0.3, 0.4) is 0 Å². The summed E-state index contributed by atoms with van der Waals surface area (Å²) in [7, 11) is 1.36. The van der Waals surface area contributed by atoms with Crippen LogP contribution in [0.4, 0.5) is 5.82 Å². The van der Waals surface area contributed by atoms with Crippen LogP contribution in [-0.2, 0) is 11.2 Å². The van der Waals surface area contributed by atoms with Gasteiger partial charge in [0.1, 0.15) is 5.69 Å². The lowest BCUT2D eigenvalue weighted by Gasteiger charge is -2.21. The van der Waals surface area contributed by atoms with Gasteiger partial charge in [0.2, 0.25) is 0 Å². The number of fused-ring (bicyclic) bond motifs is 1. The first kappa shape index (κ1) is 18.7. The van der Waals surface area contributed by atoms with E-state index in [1.165, 1.54) is 32.8 Å². The molecule has 4 rings (SSSR count). The van der Waals surface area contributed by atoms with Crippen molar-refractivity contribution >= 4 is 28.9 Å². The number of methoxy groups -OCH3 is 1. The maximum Gasteiger partial charge on any atom is 0.356 e. The minimum absolute atomic E-state index is 0.316. The normalized spacial score (nSPS) is 14.9. The smallest absolute Gasteiger partial charge is 0.356 e. The molecule has 3 aromatic rings. The minimum Gasteiger partial charge on any atom is -0.464 e. The van der Waals surface area contributed by atoms with Gasteiger partial charge in [0.05, 0.1) is 17.6 Å². The monoisotopic (exact) mass is 398 g/mol. The van der Waals surface area contributed by atoms with E-state index in [0.717, 1.165) is 35.7 Å². The molecule has 0 saturated carbocycles. The van der Waals surface area contributed by atoms with E-state index in [-0.39, 0.29) is 0 Å². The van der Waals surface area contributed by atoms with E-state index in [9.17, 15) is 4.79 Å². The van der Waals surface area contributed by atoms with Crippen LogP contribution in [0.5, 0.6) is 0 Å². The molecule has 0 aromatic carbocycles. The molecular weight excluding hydrogens is 376 g/mol. The highest BCUT2D eigenvalue weighted by molar-refractivity contribution is 6.30. The van der Waals surface area contributed by atoms with Gasteiger partial charge < -0.3 is 9.64 Å². The average molecular weight is 399 g/mol. The molecule has 146 valence electrons. The first-order valence-electron chi connectivity index (χ1n) is 9.61. The van der Waals surface area contributed by atoms with Gasteiger partial charge in [-0.25, -0.2) is 14.3 Å². The van der Waals surface area contributed by atoms with Crippen LogP contribution < -0.4 is 4.90 Å². The number of anilines is 1. The SMILES string of the molecule is COC(=O)c1cccc(Cc2c(N3CCCCCC3)nn3cc(Cl)ccc23)n1. The summed E-state index contributed by atoms with van der Waals surface area (Å²) in [6, 6.07) is 9.31. The quantitative estimate of drug-likeness (QED) is 0.618. The molecule has 6 nitrogen and oxygen atoms in total. The number of pyridine rings is 2. The van der Waals surface area contributed by atoms with E-state index in [1.807, 2.05) is 35.0 Å². The van der Waals surface area contributed by atoms with E-state index in [0.29, 0.717) is 17.1 Å². The van der Waals surface area contributed by atoms with Crippen LogP contribution in [0.25, 0.3) is 5.52 Å². The van der Waals surface area contributed by atoms with Crippen molar-refractivity contribution in [2.75, 3.05) is 25.1 Å². The van der Waals surface area contributed by atoms with Crippen LogP contribution in [-0.4, -0.2) is 40.8 Å². The topological polar surface area (TPSA) is 59.7 Å². The maximum absolute atomic E-state index is 11.8.